The minimum absolute atomic E-state index is 0.0500. The Balaban J connectivity index is 3.01. The average Bonchev–Trinajstić information content (AvgIpc) is 2.45. The molecule has 16 heavy (non-hydrogen) atoms. The van der Waals surface area contributed by atoms with Gasteiger partial charge in [-0.2, -0.15) is 0 Å². The minimum atomic E-state index is -0.863. The van der Waals surface area contributed by atoms with Crippen LogP contribution in [0.4, 0.5) is 0 Å². The number of nitrogens with zero attached hydrogens (tertiary/aromatic N) is 3. The average molecular weight is 225 g/mol. The topological polar surface area (TPSA) is 68.0 Å². The minimum Gasteiger partial charge on any atom is -0.481 e. The molecule has 0 aliphatic rings. The lowest BCUT2D eigenvalue weighted by Crippen LogP contribution is -2.12. The van der Waals surface area contributed by atoms with Crippen LogP contribution < -0.4 is 0 Å². The Morgan fingerprint density at radius 3 is 2.44 bits per heavy atom. The fraction of sp³-hybridized carbons (Fsp3) is 0.727. The van der Waals surface area contributed by atoms with Crippen LogP contribution in [0, 0.1) is 5.92 Å². The van der Waals surface area contributed by atoms with Gasteiger partial charge in [0.1, 0.15) is 0 Å². The predicted octanol–water partition coefficient (Wildman–Crippen LogP) is 1.68. The summed E-state index contributed by atoms with van der Waals surface area (Å²) in [7, 11) is 0. The van der Waals surface area contributed by atoms with Gasteiger partial charge in [-0.15, -0.1) is 5.10 Å². The van der Waals surface area contributed by atoms with Crippen LogP contribution in [0.3, 0.4) is 0 Å². The lowest BCUT2D eigenvalue weighted by atomic mass is 10.1. The van der Waals surface area contributed by atoms with Crippen LogP contribution in [0.1, 0.15) is 45.0 Å². The fourth-order valence-electron chi connectivity index (χ4n) is 1.74. The summed E-state index contributed by atoms with van der Waals surface area (Å²) < 4.78 is 1.83. The first kappa shape index (κ1) is 12.7. The summed E-state index contributed by atoms with van der Waals surface area (Å²) >= 11 is 0. The van der Waals surface area contributed by atoms with Crippen molar-refractivity contribution in [3.05, 3.63) is 11.4 Å². The summed E-state index contributed by atoms with van der Waals surface area (Å²) in [5.41, 5.74) is 1.53. The van der Waals surface area contributed by atoms with E-state index in [0.29, 0.717) is 11.6 Å². The monoisotopic (exact) mass is 225 g/mol. The van der Waals surface area contributed by atoms with Crippen molar-refractivity contribution in [1.29, 1.82) is 0 Å². The molecule has 0 spiro atoms. The number of carboxylic acid groups (broad SMARTS) is 1. The first-order chi connectivity index (χ1) is 7.41. The number of carboxylic acids is 1. The molecule has 5 nitrogen and oxygen atoms in total. The molecule has 1 aromatic heterocycles. The smallest absolute Gasteiger partial charge is 0.309 e. The highest BCUT2D eigenvalue weighted by molar-refractivity contribution is 5.69. The normalized spacial score (nSPS) is 11.4. The Bertz CT molecular complexity index is 369. The third-order valence-corrected chi connectivity index (χ3v) is 2.25. The van der Waals surface area contributed by atoms with Gasteiger partial charge in [-0.25, -0.2) is 4.68 Å². The number of hydrogen-bond donors (Lipinski definition) is 1. The third kappa shape index (κ3) is 3.05. The van der Waals surface area contributed by atoms with Gasteiger partial charge in [0.15, 0.2) is 0 Å². The summed E-state index contributed by atoms with van der Waals surface area (Å²) in [5.74, 6) is -0.154. The van der Waals surface area contributed by atoms with E-state index in [9.17, 15) is 4.79 Å². The summed E-state index contributed by atoms with van der Waals surface area (Å²) in [6, 6.07) is 0. The van der Waals surface area contributed by atoms with Crippen molar-refractivity contribution in [2.75, 3.05) is 0 Å². The molecule has 1 aromatic rings. The van der Waals surface area contributed by atoms with Crippen LogP contribution in [-0.2, 0) is 17.8 Å². The van der Waals surface area contributed by atoms with Crippen LogP contribution in [-0.4, -0.2) is 26.1 Å². The molecule has 1 rings (SSSR count). The number of rotatable bonds is 5. The highest BCUT2D eigenvalue weighted by atomic mass is 16.4. The van der Waals surface area contributed by atoms with Crippen molar-refractivity contribution in [3.8, 4) is 0 Å². The summed E-state index contributed by atoms with van der Waals surface area (Å²) in [5, 5.41) is 16.8. The van der Waals surface area contributed by atoms with Crippen LogP contribution >= 0.6 is 0 Å². The Hall–Kier alpha value is -1.39. The summed E-state index contributed by atoms with van der Waals surface area (Å²) in [6.07, 6.45) is -0.0500. The van der Waals surface area contributed by atoms with Crippen molar-refractivity contribution >= 4 is 5.97 Å². The van der Waals surface area contributed by atoms with E-state index in [1.54, 1.807) is 0 Å². The van der Waals surface area contributed by atoms with Gasteiger partial charge in [-0.05, 0) is 11.8 Å². The van der Waals surface area contributed by atoms with Crippen molar-refractivity contribution < 1.29 is 9.90 Å². The fourth-order valence-corrected chi connectivity index (χ4v) is 1.74. The molecule has 0 aliphatic heterocycles. The van der Waals surface area contributed by atoms with Gasteiger partial charge in [0.2, 0.25) is 0 Å². The molecule has 1 N–H and O–H groups in total. The molecule has 0 bridgehead atoms. The number of aromatic nitrogens is 3. The maximum Gasteiger partial charge on any atom is 0.309 e. The van der Waals surface area contributed by atoms with Crippen molar-refractivity contribution in [1.82, 2.24) is 15.0 Å². The highest BCUT2D eigenvalue weighted by Crippen LogP contribution is 2.19. The molecule has 0 aliphatic carbocycles. The molecular formula is C11H19N3O2. The lowest BCUT2D eigenvalue weighted by molar-refractivity contribution is -0.136. The highest BCUT2D eigenvalue weighted by Gasteiger charge is 2.18. The molecule has 0 radical (unpaired) electrons. The zero-order valence-corrected chi connectivity index (χ0v) is 10.3. The first-order valence-corrected chi connectivity index (χ1v) is 5.55. The quantitative estimate of drug-likeness (QED) is 0.827. The molecule has 0 amide bonds. The Morgan fingerprint density at radius 1 is 1.38 bits per heavy atom. The van der Waals surface area contributed by atoms with E-state index in [-0.39, 0.29) is 12.3 Å². The second kappa shape index (κ2) is 5.09. The summed E-state index contributed by atoms with van der Waals surface area (Å²) in [6.45, 7) is 9.03. The second-order valence-electron chi connectivity index (χ2n) is 4.72. The van der Waals surface area contributed by atoms with Crippen LogP contribution in [0.2, 0.25) is 0 Å². The largest absolute Gasteiger partial charge is 0.481 e. The van der Waals surface area contributed by atoms with E-state index in [1.165, 1.54) is 0 Å². The van der Waals surface area contributed by atoms with E-state index < -0.39 is 5.97 Å². The van der Waals surface area contributed by atoms with Crippen molar-refractivity contribution in [3.63, 3.8) is 0 Å². The van der Waals surface area contributed by atoms with E-state index in [1.807, 2.05) is 18.5 Å². The predicted molar refractivity (Wildman–Crippen MR) is 60.3 cm³/mol. The van der Waals surface area contributed by atoms with Crippen LogP contribution in [0.25, 0.3) is 0 Å². The lowest BCUT2D eigenvalue weighted by Gasteiger charge is -2.12. The van der Waals surface area contributed by atoms with Crippen molar-refractivity contribution in [2.24, 2.45) is 5.92 Å². The Morgan fingerprint density at radius 2 is 2.00 bits per heavy atom. The first-order valence-electron chi connectivity index (χ1n) is 5.55. The molecule has 90 valence electrons. The standard InChI is InChI=1S/C11H19N3O2/c1-7(2)6-14-11(8(3)4)9(12-13-14)5-10(15)16/h7-8H,5-6H2,1-4H3,(H,15,16). The molecular weight excluding hydrogens is 206 g/mol. The Labute approximate surface area is 95.5 Å². The van der Waals surface area contributed by atoms with Crippen LogP contribution in [0.15, 0.2) is 0 Å². The van der Waals surface area contributed by atoms with Crippen LogP contribution in [0.5, 0.6) is 0 Å². The van der Waals surface area contributed by atoms with Gasteiger partial charge in [0.05, 0.1) is 17.8 Å². The molecule has 0 saturated carbocycles. The van der Waals surface area contributed by atoms with Gasteiger partial charge < -0.3 is 5.11 Å². The van der Waals surface area contributed by atoms with E-state index in [2.05, 4.69) is 24.2 Å². The SMILES string of the molecule is CC(C)Cn1nnc(CC(=O)O)c1C(C)C. The van der Waals surface area contributed by atoms with Gasteiger partial charge in [0, 0.05) is 6.54 Å². The van der Waals surface area contributed by atoms with Gasteiger partial charge in [-0.1, -0.05) is 32.9 Å². The molecule has 0 unspecified atom stereocenters. The molecule has 0 saturated heterocycles. The molecule has 0 aromatic carbocycles. The third-order valence-electron chi connectivity index (χ3n) is 2.25. The zero-order chi connectivity index (χ0) is 12.3. The maximum atomic E-state index is 10.7. The van der Waals surface area contributed by atoms with E-state index in [4.69, 9.17) is 5.11 Å². The Kier molecular flexibility index (Phi) is 4.04. The summed E-state index contributed by atoms with van der Waals surface area (Å²) in [4.78, 5) is 10.7. The molecule has 1 heterocycles. The molecule has 5 heteroatoms. The number of hydrogen-bond acceptors (Lipinski definition) is 3. The van der Waals surface area contributed by atoms with Crippen molar-refractivity contribution in [2.45, 2.75) is 46.6 Å². The molecule has 0 atom stereocenters. The van der Waals surface area contributed by atoms with Gasteiger partial charge in [0.25, 0.3) is 0 Å². The van der Waals surface area contributed by atoms with Gasteiger partial charge in [-0.3, -0.25) is 4.79 Å². The zero-order valence-electron chi connectivity index (χ0n) is 10.3. The second-order valence-corrected chi connectivity index (χ2v) is 4.72. The number of carbonyl (C=O) groups is 1. The molecule has 0 fully saturated rings. The maximum absolute atomic E-state index is 10.7. The number of aliphatic carboxylic acids is 1. The van der Waals surface area contributed by atoms with Gasteiger partial charge >= 0.3 is 5.97 Å². The van der Waals surface area contributed by atoms with E-state index in [0.717, 1.165) is 12.2 Å². The van der Waals surface area contributed by atoms with E-state index >= 15 is 0 Å².